The van der Waals surface area contributed by atoms with Gasteiger partial charge >= 0.3 is 0 Å². The van der Waals surface area contributed by atoms with Gasteiger partial charge in [0.1, 0.15) is 5.75 Å². The molecule has 4 heteroatoms. The van der Waals surface area contributed by atoms with Gasteiger partial charge in [0, 0.05) is 33.9 Å². The number of ketones is 1. The minimum absolute atomic E-state index is 0.0295. The van der Waals surface area contributed by atoms with E-state index in [1.807, 2.05) is 91.1 Å². The van der Waals surface area contributed by atoms with Crippen LogP contribution in [0.25, 0.3) is 0 Å². The highest BCUT2D eigenvalue weighted by Crippen LogP contribution is 2.39. The van der Waals surface area contributed by atoms with E-state index in [9.17, 15) is 4.79 Å². The quantitative estimate of drug-likeness (QED) is 0.150. The van der Waals surface area contributed by atoms with Crippen LogP contribution in [0.5, 0.6) is 5.75 Å². The minimum atomic E-state index is 0.0295. The summed E-state index contributed by atoms with van der Waals surface area (Å²) in [6.07, 6.45) is 2.25. The number of thioether (sulfide) groups is 1. The molecule has 1 atom stereocenters. The van der Waals surface area contributed by atoms with Crippen molar-refractivity contribution in [3.05, 3.63) is 126 Å². The van der Waals surface area contributed by atoms with Crippen LogP contribution in [0.15, 0.2) is 119 Å². The molecule has 0 spiro atoms. The van der Waals surface area contributed by atoms with Crippen LogP contribution in [0, 0.1) is 0 Å². The number of para-hydroxylation sites is 1. The van der Waals surface area contributed by atoms with Crippen molar-refractivity contribution < 1.29 is 9.53 Å². The van der Waals surface area contributed by atoms with Crippen LogP contribution in [0.2, 0.25) is 0 Å². The normalized spacial score (nSPS) is 11.9. The predicted molar refractivity (Wildman–Crippen MR) is 137 cm³/mol. The number of rotatable bonds is 9. The van der Waals surface area contributed by atoms with E-state index in [2.05, 4.69) is 29.3 Å². The molecule has 0 aliphatic carbocycles. The summed E-state index contributed by atoms with van der Waals surface area (Å²) in [5.41, 5.74) is 3.69. The maximum absolute atomic E-state index is 12.9. The average molecular weight is 452 g/mol. The third kappa shape index (κ3) is 6.21. The third-order valence-corrected chi connectivity index (χ3v) is 6.51. The van der Waals surface area contributed by atoms with E-state index in [1.54, 1.807) is 18.9 Å². The van der Waals surface area contributed by atoms with Gasteiger partial charge in [-0.25, -0.2) is 0 Å². The molecule has 0 bridgehead atoms. The Morgan fingerprint density at radius 2 is 1.48 bits per heavy atom. The molecule has 0 amide bonds. The number of hydrogen-bond donors (Lipinski definition) is 0. The first-order valence-corrected chi connectivity index (χ1v) is 11.7. The molecular formula is C29H25NO2S. The van der Waals surface area contributed by atoms with Crippen molar-refractivity contribution in [1.82, 2.24) is 0 Å². The summed E-state index contributed by atoms with van der Waals surface area (Å²) in [5, 5.41) is 0.0295. The Morgan fingerprint density at radius 1 is 0.848 bits per heavy atom. The lowest BCUT2D eigenvalue weighted by atomic mass is 10.0. The molecule has 0 fully saturated rings. The molecular weight excluding hydrogens is 426 g/mol. The van der Waals surface area contributed by atoms with Crippen LogP contribution in [-0.4, -0.2) is 19.1 Å². The van der Waals surface area contributed by atoms with Gasteiger partial charge in [-0.1, -0.05) is 72.8 Å². The Morgan fingerprint density at radius 3 is 2.18 bits per heavy atom. The molecule has 4 aromatic carbocycles. The second-order valence-corrected chi connectivity index (χ2v) is 8.78. The number of methoxy groups -OCH3 is 1. The first-order chi connectivity index (χ1) is 16.2. The number of nitrogens with zero attached hydrogens (tertiary/aromatic N) is 1. The number of carbonyl (C=O) groups is 1. The monoisotopic (exact) mass is 451 g/mol. The van der Waals surface area contributed by atoms with Gasteiger partial charge in [-0.05, 0) is 42.0 Å². The van der Waals surface area contributed by atoms with Crippen molar-refractivity contribution in [2.24, 2.45) is 4.99 Å². The van der Waals surface area contributed by atoms with Crippen molar-refractivity contribution in [3.63, 3.8) is 0 Å². The maximum atomic E-state index is 12.9. The van der Waals surface area contributed by atoms with Gasteiger partial charge in [-0.2, -0.15) is 0 Å². The van der Waals surface area contributed by atoms with Crippen molar-refractivity contribution in [1.29, 1.82) is 0 Å². The predicted octanol–water partition coefficient (Wildman–Crippen LogP) is 7.55. The van der Waals surface area contributed by atoms with Crippen LogP contribution < -0.4 is 4.74 Å². The van der Waals surface area contributed by atoms with E-state index in [4.69, 9.17) is 4.74 Å². The number of ether oxygens (including phenoxy) is 1. The fourth-order valence-corrected chi connectivity index (χ4v) is 4.65. The lowest BCUT2D eigenvalue weighted by Gasteiger charge is -2.17. The summed E-state index contributed by atoms with van der Waals surface area (Å²) in [4.78, 5) is 18.6. The molecule has 0 heterocycles. The van der Waals surface area contributed by atoms with Crippen LogP contribution in [0.3, 0.4) is 0 Å². The smallest absolute Gasteiger partial charge is 0.164 e. The second-order valence-electron chi connectivity index (χ2n) is 7.50. The largest absolute Gasteiger partial charge is 0.496 e. The molecule has 1 unspecified atom stereocenters. The molecule has 164 valence electrons. The van der Waals surface area contributed by atoms with E-state index < -0.39 is 0 Å². The topological polar surface area (TPSA) is 38.7 Å². The van der Waals surface area contributed by atoms with E-state index in [0.29, 0.717) is 6.42 Å². The molecule has 0 aromatic heterocycles. The first-order valence-electron chi connectivity index (χ1n) is 10.8. The zero-order valence-electron chi connectivity index (χ0n) is 18.4. The lowest BCUT2D eigenvalue weighted by Crippen LogP contribution is -2.05. The Kier molecular flexibility index (Phi) is 7.72. The second kappa shape index (κ2) is 11.3. The van der Waals surface area contributed by atoms with Crippen molar-refractivity contribution >= 4 is 29.4 Å². The Hall–Kier alpha value is -3.63. The van der Waals surface area contributed by atoms with Crippen molar-refractivity contribution in [2.75, 3.05) is 7.11 Å². The fourth-order valence-electron chi connectivity index (χ4n) is 3.50. The van der Waals surface area contributed by atoms with E-state index in [-0.39, 0.29) is 11.0 Å². The van der Waals surface area contributed by atoms with Gasteiger partial charge in [0.25, 0.3) is 0 Å². The molecule has 3 nitrogen and oxygen atoms in total. The number of hydrogen-bond acceptors (Lipinski definition) is 4. The maximum Gasteiger partial charge on any atom is 0.164 e. The highest BCUT2D eigenvalue weighted by atomic mass is 32.2. The Labute approximate surface area is 199 Å². The van der Waals surface area contributed by atoms with Gasteiger partial charge in [0.15, 0.2) is 5.78 Å². The number of carbonyl (C=O) groups excluding carboxylic acids is 1. The van der Waals surface area contributed by atoms with Gasteiger partial charge in [0.05, 0.1) is 12.8 Å². The summed E-state index contributed by atoms with van der Waals surface area (Å²) in [6.45, 7) is 0. The number of benzene rings is 4. The highest BCUT2D eigenvalue weighted by Gasteiger charge is 2.18. The lowest BCUT2D eigenvalue weighted by molar-refractivity contribution is 0.0982. The van der Waals surface area contributed by atoms with Gasteiger partial charge in [0.2, 0.25) is 0 Å². The Bertz CT molecular complexity index is 1210. The summed E-state index contributed by atoms with van der Waals surface area (Å²) in [5.74, 6) is 0.942. The van der Waals surface area contributed by atoms with E-state index >= 15 is 0 Å². The van der Waals surface area contributed by atoms with Gasteiger partial charge in [-0.15, -0.1) is 11.8 Å². The summed E-state index contributed by atoms with van der Waals surface area (Å²) in [7, 11) is 1.66. The molecule has 0 saturated carbocycles. The molecule has 0 aliphatic heterocycles. The minimum Gasteiger partial charge on any atom is -0.496 e. The van der Waals surface area contributed by atoms with Crippen LogP contribution in [0.1, 0.15) is 33.2 Å². The SMILES string of the molecule is COc1ccccc1C=Nc1ccc(SC(CC(=O)c2ccccc2)c2ccccc2)cc1. The van der Waals surface area contributed by atoms with E-state index in [1.165, 1.54) is 0 Å². The fraction of sp³-hybridized carbons (Fsp3) is 0.103. The van der Waals surface area contributed by atoms with Crippen LogP contribution in [-0.2, 0) is 0 Å². The molecule has 0 radical (unpaired) electrons. The van der Waals surface area contributed by atoms with E-state index in [0.717, 1.165) is 33.0 Å². The molecule has 0 aliphatic rings. The molecule has 33 heavy (non-hydrogen) atoms. The number of aliphatic imine (C=N–C) groups is 1. The van der Waals surface area contributed by atoms with Crippen LogP contribution in [0.4, 0.5) is 5.69 Å². The molecule has 0 saturated heterocycles. The first kappa shape index (κ1) is 22.6. The standard InChI is InChI=1S/C29H25NO2S/c1-32-28-15-9-8-14-24(28)21-30-25-16-18-26(19-17-25)33-29(23-12-6-3-7-13-23)20-27(31)22-10-4-2-5-11-22/h2-19,21,29H,20H2,1H3. The van der Waals surface area contributed by atoms with Crippen LogP contribution >= 0.6 is 11.8 Å². The summed E-state index contributed by atoms with van der Waals surface area (Å²) >= 11 is 1.70. The van der Waals surface area contributed by atoms with Crippen molar-refractivity contribution in [3.8, 4) is 5.75 Å². The third-order valence-electron chi connectivity index (χ3n) is 5.24. The Balaban J connectivity index is 1.49. The molecule has 0 N–H and O–H groups in total. The summed E-state index contributed by atoms with van der Waals surface area (Å²) in [6, 6.07) is 35.6. The molecule has 4 rings (SSSR count). The zero-order chi connectivity index (χ0) is 22.9. The van der Waals surface area contributed by atoms with Gasteiger partial charge < -0.3 is 4.74 Å². The van der Waals surface area contributed by atoms with Gasteiger partial charge in [-0.3, -0.25) is 9.79 Å². The van der Waals surface area contributed by atoms with Crippen molar-refractivity contribution in [2.45, 2.75) is 16.6 Å². The highest BCUT2D eigenvalue weighted by molar-refractivity contribution is 7.99. The average Bonchev–Trinajstić information content (AvgIpc) is 2.89. The molecule has 4 aromatic rings. The summed E-state index contributed by atoms with van der Waals surface area (Å²) < 4.78 is 5.38. The zero-order valence-corrected chi connectivity index (χ0v) is 19.2. The number of Topliss-reactive ketones (excluding diaryl/α,β-unsaturated/α-hetero) is 1.